The van der Waals surface area contributed by atoms with E-state index in [-0.39, 0.29) is 18.2 Å². The number of hydrogen-bond acceptors (Lipinski definition) is 3. The molecule has 0 aliphatic carbocycles. The smallest absolute Gasteiger partial charge is 0.315 e. The molecule has 0 bridgehead atoms. The van der Waals surface area contributed by atoms with Crippen molar-refractivity contribution in [2.75, 3.05) is 19.8 Å². The quantitative estimate of drug-likeness (QED) is 0.847. The molecule has 0 saturated carbocycles. The maximum Gasteiger partial charge on any atom is 0.315 e. The summed E-state index contributed by atoms with van der Waals surface area (Å²) in [4.78, 5) is 12.0. The van der Waals surface area contributed by atoms with E-state index in [1.807, 2.05) is 38.1 Å². The number of amides is 2. The fourth-order valence-corrected chi connectivity index (χ4v) is 2.79. The molecule has 0 spiro atoms. The van der Waals surface area contributed by atoms with Gasteiger partial charge in [-0.1, -0.05) is 12.1 Å². The fourth-order valence-electron chi connectivity index (χ4n) is 2.79. The van der Waals surface area contributed by atoms with Crippen molar-refractivity contribution >= 4 is 6.03 Å². The number of benzene rings is 1. The molecule has 5 nitrogen and oxygen atoms in total. The van der Waals surface area contributed by atoms with Gasteiger partial charge in [-0.2, -0.15) is 0 Å². The number of urea groups is 1. The molecule has 128 valence electrons. The average Bonchev–Trinajstić information content (AvgIpc) is 2.54. The van der Waals surface area contributed by atoms with Gasteiger partial charge in [0.25, 0.3) is 0 Å². The molecule has 2 N–H and O–H groups in total. The van der Waals surface area contributed by atoms with E-state index in [1.54, 1.807) is 0 Å². The van der Waals surface area contributed by atoms with Crippen molar-refractivity contribution < 1.29 is 14.3 Å². The van der Waals surface area contributed by atoms with Gasteiger partial charge in [0.1, 0.15) is 11.9 Å². The van der Waals surface area contributed by atoms with E-state index < -0.39 is 0 Å². The number of nitrogens with one attached hydrogen (secondary N) is 2. The van der Waals surface area contributed by atoms with Crippen molar-refractivity contribution in [1.29, 1.82) is 0 Å². The largest absolute Gasteiger partial charge is 0.489 e. The van der Waals surface area contributed by atoms with Crippen LogP contribution in [0.5, 0.6) is 5.75 Å². The van der Waals surface area contributed by atoms with Crippen LogP contribution in [-0.4, -0.2) is 37.9 Å². The van der Waals surface area contributed by atoms with Crippen LogP contribution in [0.1, 0.15) is 32.3 Å². The second-order valence-electron chi connectivity index (χ2n) is 6.34. The van der Waals surface area contributed by atoms with E-state index in [4.69, 9.17) is 9.47 Å². The predicted octanol–water partition coefficient (Wildman–Crippen LogP) is 2.88. The minimum absolute atomic E-state index is 0.0825. The van der Waals surface area contributed by atoms with Crippen LogP contribution < -0.4 is 15.4 Å². The highest BCUT2D eigenvalue weighted by atomic mass is 16.5. The van der Waals surface area contributed by atoms with Gasteiger partial charge < -0.3 is 20.1 Å². The third-order valence-corrected chi connectivity index (χ3v) is 4.21. The molecule has 23 heavy (non-hydrogen) atoms. The van der Waals surface area contributed by atoms with Gasteiger partial charge >= 0.3 is 6.03 Å². The molecule has 2 rings (SSSR count). The predicted molar refractivity (Wildman–Crippen MR) is 90.8 cm³/mol. The highest BCUT2D eigenvalue weighted by molar-refractivity contribution is 5.74. The Balaban J connectivity index is 1.68. The first-order chi connectivity index (χ1) is 11.0. The molecule has 2 amide bonds. The number of hydrogen-bond donors (Lipinski definition) is 2. The molecule has 1 aliphatic heterocycles. The van der Waals surface area contributed by atoms with Gasteiger partial charge in [0, 0.05) is 19.3 Å². The van der Waals surface area contributed by atoms with Crippen LogP contribution in [0.15, 0.2) is 24.3 Å². The second-order valence-corrected chi connectivity index (χ2v) is 6.34. The van der Waals surface area contributed by atoms with Crippen molar-refractivity contribution in [2.45, 2.75) is 45.8 Å². The molecule has 5 heteroatoms. The van der Waals surface area contributed by atoms with Crippen molar-refractivity contribution in [2.24, 2.45) is 5.92 Å². The van der Waals surface area contributed by atoms with E-state index >= 15 is 0 Å². The van der Waals surface area contributed by atoms with Gasteiger partial charge in [0.2, 0.25) is 0 Å². The highest BCUT2D eigenvalue weighted by Gasteiger charge is 2.21. The Morgan fingerprint density at radius 3 is 2.78 bits per heavy atom. The first-order valence-corrected chi connectivity index (χ1v) is 8.40. The normalized spacial score (nSPS) is 18.0. The molecule has 1 aromatic rings. The summed E-state index contributed by atoms with van der Waals surface area (Å²) in [6.07, 6.45) is 1.93. The third kappa shape index (κ3) is 6.10. The van der Waals surface area contributed by atoms with Crippen LogP contribution in [0.4, 0.5) is 4.79 Å². The van der Waals surface area contributed by atoms with Crippen LogP contribution in [0.3, 0.4) is 0 Å². The average molecular weight is 320 g/mol. The van der Waals surface area contributed by atoms with Crippen molar-refractivity contribution in [1.82, 2.24) is 10.6 Å². The first kappa shape index (κ1) is 17.6. The lowest BCUT2D eigenvalue weighted by Crippen LogP contribution is -2.47. The summed E-state index contributed by atoms with van der Waals surface area (Å²) < 4.78 is 11.2. The van der Waals surface area contributed by atoms with Gasteiger partial charge in [-0.3, -0.25) is 0 Å². The molecule has 1 aliphatic rings. The van der Waals surface area contributed by atoms with Gasteiger partial charge in [0.05, 0.1) is 6.54 Å². The topological polar surface area (TPSA) is 59.6 Å². The zero-order valence-corrected chi connectivity index (χ0v) is 14.3. The Hall–Kier alpha value is -1.75. The lowest BCUT2D eigenvalue weighted by atomic mass is 9.93. The lowest BCUT2D eigenvalue weighted by Gasteiger charge is -2.28. The molecule has 0 aromatic heterocycles. The lowest BCUT2D eigenvalue weighted by molar-refractivity contribution is 0.0570. The maximum absolute atomic E-state index is 12.0. The van der Waals surface area contributed by atoms with Crippen molar-refractivity contribution in [3.63, 3.8) is 0 Å². The molecule has 1 fully saturated rings. The highest BCUT2D eigenvalue weighted by Crippen LogP contribution is 2.18. The van der Waals surface area contributed by atoms with E-state index in [9.17, 15) is 4.79 Å². The monoisotopic (exact) mass is 320 g/mol. The molecule has 0 unspecified atom stereocenters. The van der Waals surface area contributed by atoms with Crippen LogP contribution in [0, 0.1) is 12.8 Å². The summed E-state index contributed by atoms with van der Waals surface area (Å²) in [6.45, 7) is 8.09. The summed E-state index contributed by atoms with van der Waals surface area (Å²) in [5.41, 5.74) is 1.16. The molecule has 1 aromatic carbocycles. The zero-order valence-electron chi connectivity index (χ0n) is 14.3. The first-order valence-electron chi connectivity index (χ1n) is 8.40. The minimum Gasteiger partial charge on any atom is -0.489 e. The van der Waals surface area contributed by atoms with E-state index in [0.717, 1.165) is 37.4 Å². The Bertz CT molecular complexity index is 501. The standard InChI is InChI=1S/C18H28N2O3/c1-13-5-4-6-17(11-13)23-14(2)12-19-18(21)20-15(3)16-7-9-22-10-8-16/h4-6,11,14-16H,7-10,12H2,1-3H3,(H2,19,20,21)/t14-,15-/m0/s1. The van der Waals surface area contributed by atoms with Gasteiger partial charge in [-0.25, -0.2) is 4.79 Å². The zero-order chi connectivity index (χ0) is 16.7. The van der Waals surface area contributed by atoms with E-state index in [1.165, 1.54) is 0 Å². The van der Waals surface area contributed by atoms with Gasteiger partial charge in [-0.05, 0) is 57.2 Å². The molecule has 0 radical (unpaired) electrons. The fraction of sp³-hybridized carbons (Fsp3) is 0.611. The number of carbonyl (C=O) groups is 1. The summed E-state index contributed by atoms with van der Waals surface area (Å²) in [5.74, 6) is 1.32. The SMILES string of the molecule is Cc1cccc(O[C@@H](C)CNC(=O)N[C@@H](C)C2CCOCC2)c1. The molecular formula is C18H28N2O3. The van der Waals surface area contributed by atoms with Crippen LogP contribution in [-0.2, 0) is 4.74 Å². The van der Waals surface area contributed by atoms with Gasteiger partial charge in [-0.15, -0.1) is 0 Å². The van der Waals surface area contributed by atoms with E-state index in [0.29, 0.717) is 12.5 Å². The number of aryl methyl sites for hydroxylation is 1. The molecule has 1 saturated heterocycles. The van der Waals surface area contributed by atoms with Gasteiger partial charge in [0.15, 0.2) is 0 Å². The number of rotatable bonds is 6. The Kier molecular flexibility index (Phi) is 6.71. The summed E-state index contributed by atoms with van der Waals surface area (Å²) in [6, 6.07) is 7.93. The summed E-state index contributed by atoms with van der Waals surface area (Å²) >= 11 is 0. The maximum atomic E-state index is 12.0. The summed E-state index contributed by atoms with van der Waals surface area (Å²) in [5, 5.41) is 5.90. The van der Waals surface area contributed by atoms with Crippen molar-refractivity contribution in [3.05, 3.63) is 29.8 Å². The Labute approximate surface area is 138 Å². The molecular weight excluding hydrogens is 292 g/mol. The van der Waals surface area contributed by atoms with Crippen LogP contribution in [0.2, 0.25) is 0 Å². The Morgan fingerprint density at radius 2 is 2.09 bits per heavy atom. The summed E-state index contributed by atoms with van der Waals surface area (Å²) in [7, 11) is 0. The minimum atomic E-state index is -0.135. The molecule has 2 atom stereocenters. The molecule has 1 heterocycles. The van der Waals surface area contributed by atoms with Crippen molar-refractivity contribution in [3.8, 4) is 5.75 Å². The van der Waals surface area contributed by atoms with Crippen LogP contribution in [0.25, 0.3) is 0 Å². The number of carbonyl (C=O) groups excluding carboxylic acids is 1. The number of ether oxygens (including phenoxy) is 2. The second kappa shape index (κ2) is 8.77. The van der Waals surface area contributed by atoms with E-state index in [2.05, 4.69) is 17.6 Å². The van der Waals surface area contributed by atoms with Crippen LogP contribution >= 0.6 is 0 Å². The Morgan fingerprint density at radius 1 is 1.35 bits per heavy atom. The third-order valence-electron chi connectivity index (χ3n) is 4.21.